The van der Waals surface area contributed by atoms with Crippen molar-refractivity contribution in [2.45, 2.75) is 25.1 Å². The summed E-state index contributed by atoms with van der Waals surface area (Å²) < 4.78 is 10.7. The number of benzene rings is 2. The number of hydrogen-bond donors (Lipinski definition) is 1. The second kappa shape index (κ2) is 7.82. The number of nitrogens with zero attached hydrogens (tertiary/aromatic N) is 1. The number of nitrogens with one attached hydrogen (secondary N) is 1. The normalized spacial score (nSPS) is 21.4. The van der Waals surface area contributed by atoms with Gasteiger partial charge in [-0.05, 0) is 24.1 Å². The number of ether oxygens (including phenoxy) is 2. The Labute approximate surface area is 162 Å². The van der Waals surface area contributed by atoms with Crippen LogP contribution in [0.4, 0.5) is 4.79 Å². The molecule has 0 radical (unpaired) electrons. The Hall–Kier alpha value is -3.19. The van der Waals surface area contributed by atoms with Gasteiger partial charge in [0.05, 0.1) is 29.8 Å². The summed E-state index contributed by atoms with van der Waals surface area (Å²) in [5.74, 6) is -0.672. The van der Waals surface area contributed by atoms with Crippen LogP contribution < -0.4 is 5.32 Å². The monoisotopic (exact) mass is 380 g/mol. The molecule has 7 heteroatoms. The quantitative estimate of drug-likeness (QED) is 0.823. The molecular weight excluding hydrogens is 360 g/mol. The molecule has 2 heterocycles. The lowest BCUT2D eigenvalue weighted by Crippen LogP contribution is -2.58. The van der Waals surface area contributed by atoms with E-state index in [0.29, 0.717) is 24.2 Å². The molecule has 7 nitrogen and oxygen atoms in total. The van der Waals surface area contributed by atoms with Crippen LogP contribution >= 0.6 is 0 Å². The second-order valence-electron chi connectivity index (χ2n) is 6.77. The number of alkyl carbamates (subject to hydrolysis) is 1. The predicted octanol–water partition coefficient (Wildman–Crippen LogP) is 2.37. The molecule has 1 unspecified atom stereocenters. The third kappa shape index (κ3) is 3.48. The van der Waals surface area contributed by atoms with Gasteiger partial charge in [-0.15, -0.1) is 0 Å². The fraction of sp³-hybridized carbons (Fsp3) is 0.286. The lowest BCUT2D eigenvalue weighted by molar-refractivity contribution is 0.0100. The van der Waals surface area contributed by atoms with Gasteiger partial charge in [0.1, 0.15) is 6.61 Å². The van der Waals surface area contributed by atoms with Gasteiger partial charge in [0.15, 0.2) is 0 Å². The molecule has 144 valence electrons. The molecule has 0 bridgehead atoms. The number of fused-ring (bicyclic) bond motifs is 1. The Kier molecular flexibility index (Phi) is 5.08. The lowest BCUT2D eigenvalue weighted by Gasteiger charge is -2.36. The first-order valence-corrected chi connectivity index (χ1v) is 9.17. The Bertz CT molecular complexity index is 864. The molecule has 0 aromatic heterocycles. The maximum absolute atomic E-state index is 12.8. The Morgan fingerprint density at radius 3 is 2.36 bits per heavy atom. The standard InChI is InChI=1S/C21H20N2O5/c24-19-15-8-4-5-9-16(15)20(25)23(19)18-10-11-27-13-17(18)22-21(26)28-12-14-6-2-1-3-7-14/h1-9,17-18H,10-13H2,(H,22,26)/t17-,18?/m1/s1. The molecule has 2 aromatic carbocycles. The molecular formula is C21H20N2O5. The zero-order chi connectivity index (χ0) is 19.5. The van der Waals surface area contributed by atoms with Crippen molar-refractivity contribution in [2.24, 2.45) is 0 Å². The van der Waals surface area contributed by atoms with Gasteiger partial charge in [0.2, 0.25) is 0 Å². The van der Waals surface area contributed by atoms with E-state index in [1.54, 1.807) is 24.3 Å². The predicted molar refractivity (Wildman–Crippen MR) is 99.7 cm³/mol. The van der Waals surface area contributed by atoms with E-state index in [0.717, 1.165) is 5.56 Å². The van der Waals surface area contributed by atoms with Crippen molar-refractivity contribution in [1.82, 2.24) is 10.2 Å². The van der Waals surface area contributed by atoms with Gasteiger partial charge in [0.25, 0.3) is 11.8 Å². The summed E-state index contributed by atoms with van der Waals surface area (Å²) >= 11 is 0. The van der Waals surface area contributed by atoms with E-state index in [9.17, 15) is 14.4 Å². The Morgan fingerprint density at radius 1 is 1.04 bits per heavy atom. The third-order valence-corrected chi connectivity index (χ3v) is 4.99. The molecule has 2 aliphatic rings. The number of carbonyl (C=O) groups excluding carboxylic acids is 3. The Morgan fingerprint density at radius 2 is 1.68 bits per heavy atom. The van der Waals surface area contributed by atoms with E-state index in [-0.39, 0.29) is 25.0 Å². The minimum Gasteiger partial charge on any atom is -0.445 e. The van der Waals surface area contributed by atoms with Crippen LogP contribution in [0, 0.1) is 0 Å². The van der Waals surface area contributed by atoms with Gasteiger partial charge in [-0.3, -0.25) is 14.5 Å². The molecule has 1 saturated heterocycles. The number of amides is 3. The summed E-state index contributed by atoms with van der Waals surface area (Å²) in [4.78, 5) is 39.0. The van der Waals surface area contributed by atoms with Crippen molar-refractivity contribution in [2.75, 3.05) is 13.2 Å². The summed E-state index contributed by atoms with van der Waals surface area (Å²) in [6.45, 7) is 0.756. The van der Waals surface area contributed by atoms with Gasteiger partial charge in [0, 0.05) is 6.61 Å². The van der Waals surface area contributed by atoms with Crippen molar-refractivity contribution in [3.63, 3.8) is 0 Å². The van der Waals surface area contributed by atoms with Crippen LogP contribution in [-0.4, -0.2) is 48.1 Å². The fourth-order valence-electron chi connectivity index (χ4n) is 3.60. The molecule has 4 rings (SSSR count). The minimum absolute atomic E-state index is 0.137. The average Bonchev–Trinajstić information content (AvgIpc) is 2.98. The van der Waals surface area contributed by atoms with E-state index in [4.69, 9.17) is 9.47 Å². The largest absolute Gasteiger partial charge is 0.445 e. The topological polar surface area (TPSA) is 84.9 Å². The van der Waals surface area contributed by atoms with E-state index in [1.807, 2.05) is 30.3 Å². The van der Waals surface area contributed by atoms with Crippen molar-refractivity contribution >= 4 is 17.9 Å². The van der Waals surface area contributed by atoms with Crippen molar-refractivity contribution in [3.8, 4) is 0 Å². The van der Waals surface area contributed by atoms with Gasteiger partial charge in [-0.25, -0.2) is 4.79 Å². The zero-order valence-electron chi connectivity index (χ0n) is 15.2. The van der Waals surface area contributed by atoms with E-state index >= 15 is 0 Å². The molecule has 28 heavy (non-hydrogen) atoms. The van der Waals surface area contributed by atoms with Crippen molar-refractivity contribution in [3.05, 3.63) is 71.3 Å². The Balaban J connectivity index is 1.44. The van der Waals surface area contributed by atoms with Gasteiger partial charge in [-0.2, -0.15) is 0 Å². The van der Waals surface area contributed by atoms with Crippen LogP contribution in [0.2, 0.25) is 0 Å². The smallest absolute Gasteiger partial charge is 0.407 e. The average molecular weight is 380 g/mol. The van der Waals surface area contributed by atoms with Crippen LogP contribution in [0.3, 0.4) is 0 Å². The molecule has 3 amide bonds. The lowest BCUT2D eigenvalue weighted by atomic mass is 10.0. The highest BCUT2D eigenvalue weighted by molar-refractivity contribution is 6.21. The van der Waals surface area contributed by atoms with E-state index < -0.39 is 18.2 Å². The summed E-state index contributed by atoms with van der Waals surface area (Å²) in [5, 5.41) is 2.75. The van der Waals surface area contributed by atoms with Crippen LogP contribution in [0.25, 0.3) is 0 Å². The zero-order valence-corrected chi connectivity index (χ0v) is 15.2. The first-order valence-electron chi connectivity index (χ1n) is 9.17. The number of rotatable bonds is 4. The van der Waals surface area contributed by atoms with Crippen molar-refractivity contribution < 1.29 is 23.9 Å². The summed E-state index contributed by atoms with van der Waals surface area (Å²) in [7, 11) is 0. The highest BCUT2D eigenvalue weighted by Crippen LogP contribution is 2.28. The van der Waals surface area contributed by atoms with Crippen LogP contribution in [0.1, 0.15) is 32.7 Å². The molecule has 0 aliphatic carbocycles. The number of carbonyl (C=O) groups is 3. The molecule has 0 saturated carbocycles. The highest BCUT2D eigenvalue weighted by Gasteiger charge is 2.44. The molecule has 2 aliphatic heterocycles. The summed E-state index contributed by atoms with van der Waals surface area (Å²) in [6, 6.07) is 15.1. The highest BCUT2D eigenvalue weighted by atomic mass is 16.5. The molecule has 1 N–H and O–H groups in total. The molecule has 2 aromatic rings. The van der Waals surface area contributed by atoms with E-state index in [2.05, 4.69) is 5.32 Å². The van der Waals surface area contributed by atoms with Crippen LogP contribution in [0.5, 0.6) is 0 Å². The summed E-state index contributed by atoms with van der Waals surface area (Å²) in [6.07, 6.45) is -0.157. The molecule has 0 spiro atoms. The third-order valence-electron chi connectivity index (χ3n) is 4.99. The van der Waals surface area contributed by atoms with Gasteiger partial charge >= 0.3 is 6.09 Å². The van der Waals surface area contributed by atoms with Crippen LogP contribution in [0.15, 0.2) is 54.6 Å². The van der Waals surface area contributed by atoms with E-state index in [1.165, 1.54) is 4.90 Å². The van der Waals surface area contributed by atoms with Crippen LogP contribution in [-0.2, 0) is 16.1 Å². The fourth-order valence-corrected chi connectivity index (χ4v) is 3.60. The molecule has 2 atom stereocenters. The number of hydrogen-bond acceptors (Lipinski definition) is 5. The second-order valence-corrected chi connectivity index (χ2v) is 6.77. The number of imide groups is 1. The van der Waals surface area contributed by atoms with Crippen molar-refractivity contribution in [1.29, 1.82) is 0 Å². The first kappa shape index (κ1) is 18.2. The van der Waals surface area contributed by atoms with Gasteiger partial charge < -0.3 is 14.8 Å². The van der Waals surface area contributed by atoms with Gasteiger partial charge in [-0.1, -0.05) is 42.5 Å². The summed E-state index contributed by atoms with van der Waals surface area (Å²) in [5.41, 5.74) is 1.66. The maximum Gasteiger partial charge on any atom is 0.407 e. The minimum atomic E-state index is -0.610. The SMILES string of the molecule is O=C(N[C@@H]1COCCC1N1C(=O)c2ccccc2C1=O)OCc1ccccc1. The molecule has 1 fully saturated rings. The first-order chi connectivity index (χ1) is 13.6. The maximum atomic E-state index is 12.8.